The van der Waals surface area contributed by atoms with Crippen LogP contribution in [0, 0.1) is 11.8 Å². The van der Waals surface area contributed by atoms with Crippen molar-refractivity contribution in [1.82, 2.24) is 5.32 Å². The number of benzene rings is 1. The van der Waals surface area contributed by atoms with Crippen molar-refractivity contribution in [3.63, 3.8) is 0 Å². The number of hydrogen-bond donors (Lipinski definition) is 1. The Kier molecular flexibility index (Phi) is 4.82. The molecule has 1 aromatic carbocycles. The molecular weight excluding hydrogens is 218 g/mol. The Morgan fingerprint density at radius 2 is 1.94 bits per heavy atom. The van der Waals surface area contributed by atoms with E-state index in [1.165, 1.54) is 43.2 Å². The fourth-order valence-corrected chi connectivity index (χ4v) is 3.35. The van der Waals surface area contributed by atoms with Gasteiger partial charge in [0.15, 0.2) is 0 Å². The van der Waals surface area contributed by atoms with Crippen molar-refractivity contribution in [2.75, 3.05) is 7.05 Å². The highest BCUT2D eigenvalue weighted by molar-refractivity contribution is 5.27. The van der Waals surface area contributed by atoms with E-state index in [1.807, 2.05) is 0 Å². The molecule has 1 nitrogen and oxygen atoms in total. The van der Waals surface area contributed by atoms with Gasteiger partial charge >= 0.3 is 0 Å². The Morgan fingerprint density at radius 3 is 2.56 bits per heavy atom. The predicted octanol–water partition coefficient (Wildman–Crippen LogP) is 4.34. The van der Waals surface area contributed by atoms with Gasteiger partial charge in [-0.25, -0.2) is 0 Å². The third-order valence-corrected chi connectivity index (χ3v) is 4.14. The van der Waals surface area contributed by atoms with E-state index in [1.54, 1.807) is 0 Å². The summed E-state index contributed by atoms with van der Waals surface area (Å²) in [6.45, 7) is 4.58. The standard InChI is InChI=1S/C17H27N/c1-13(2)11-14-7-6-10-16(12-14)17(18-3)15-8-4-5-9-15/h6-7,10,12-13,15,17-18H,4-5,8-9,11H2,1-3H3. The van der Waals surface area contributed by atoms with Gasteiger partial charge < -0.3 is 5.32 Å². The second kappa shape index (κ2) is 6.38. The Balaban J connectivity index is 2.14. The zero-order chi connectivity index (χ0) is 13.0. The van der Waals surface area contributed by atoms with Crippen LogP contribution in [-0.4, -0.2) is 7.05 Å². The molecule has 1 aliphatic carbocycles. The van der Waals surface area contributed by atoms with Crippen LogP contribution in [0.3, 0.4) is 0 Å². The lowest BCUT2D eigenvalue weighted by Crippen LogP contribution is -2.23. The summed E-state index contributed by atoms with van der Waals surface area (Å²) in [6, 6.07) is 9.76. The normalized spacial score (nSPS) is 18.4. The van der Waals surface area contributed by atoms with Crippen LogP contribution in [0.5, 0.6) is 0 Å². The molecule has 0 heterocycles. The van der Waals surface area contributed by atoms with Crippen LogP contribution < -0.4 is 5.32 Å². The van der Waals surface area contributed by atoms with Crippen LogP contribution in [0.25, 0.3) is 0 Å². The molecule has 100 valence electrons. The van der Waals surface area contributed by atoms with E-state index in [2.05, 4.69) is 50.5 Å². The first-order valence-electron chi connectivity index (χ1n) is 7.47. The van der Waals surface area contributed by atoms with Gasteiger partial charge in [0.1, 0.15) is 0 Å². The summed E-state index contributed by atoms with van der Waals surface area (Å²) in [5, 5.41) is 3.54. The van der Waals surface area contributed by atoms with Crippen molar-refractivity contribution in [1.29, 1.82) is 0 Å². The van der Waals surface area contributed by atoms with Crippen molar-refractivity contribution in [2.24, 2.45) is 11.8 Å². The zero-order valence-electron chi connectivity index (χ0n) is 12.1. The average molecular weight is 245 g/mol. The van der Waals surface area contributed by atoms with E-state index in [9.17, 15) is 0 Å². The molecule has 1 aromatic rings. The van der Waals surface area contributed by atoms with Gasteiger partial charge in [0.2, 0.25) is 0 Å². The molecule has 2 rings (SSSR count). The van der Waals surface area contributed by atoms with Crippen LogP contribution >= 0.6 is 0 Å². The van der Waals surface area contributed by atoms with Crippen molar-refractivity contribution < 1.29 is 0 Å². The Bertz CT molecular complexity index is 364. The quantitative estimate of drug-likeness (QED) is 0.814. The molecule has 0 bridgehead atoms. The highest BCUT2D eigenvalue weighted by atomic mass is 14.9. The van der Waals surface area contributed by atoms with Crippen LogP contribution in [0.15, 0.2) is 24.3 Å². The molecule has 0 aromatic heterocycles. The van der Waals surface area contributed by atoms with Gasteiger partial charge in [0, 0.05) is 6.04 Å². The summed E-state index contributed by atoms with van der Waals surface area (Å²) in [5.41, 5.74) is 2.98. The minimum Gasteiger partial charge on any atom is -0.313 e. The van der Waals surface area contributed by atoms with Crippen molar-refractivity contribution in [3.8, 4) is 0 Å². The molecule has 0 aliphatic heterocycles. The van der Waals surface area contributed by atoms with E-state index in [4.69, 9.17) is 0 Å². The minimum atomic E-state index is 0.555. The summed E-state index contributed by atoms with van der Waals surface area (Å²) in [6.07, 6.45) is 6.79. The van der Waals surface area contributed by atoms with Gasteiger partial charge in [-0.15, -0.1) is 0 Å². The Morgan fingerprint density at radius 1 is 1.22 bits per heavy atom. The predicted molar refractivity (Wildman–Crippen MR) is 78.7 cm³/mol. The molecule has 1 N–H and O–H groups in total. The third-order valence-electron chi connectivity index (χ3n) is 4.14. The maximum atomic E-state index is 3.54. The van der Waals surface area contributed by atoms with Crippen molar-refractivity contribution in [2.45, 2.75) is 52.0 Å². The molecule has 0 amide bonds. The van der Waals surface area contributed by atoms with E-state index < -0.39 is 0 Å². The first-order chi connectivity index (χ1) is 8.70. The molecule has 1 saturated carbocycles. The fraction of sp³-hybridized carbons (Fsp3) is 0.647. The monoisotopic (exact) mass is 245 g/mol. The van der Waals surface area contributed by atoms with Crippen molar-refractivity contribution >= 4 is 0 Å². The second-order valence-electron chi connectivity index (χ2n) is 6.15. The summed E-state index contributed by atoms with van der Waals surface area (Å²) < 4.78 is 0. The molecule has 0 radical (unpaired) electrons. The van der Waals surface area contributed by atoms with Gasteiger partial charge in [0.05, 0.1) is 0 Å². The highest BCUT2D eigenvalue weighted by Crippen LogP contribution is 2.35. The second-order valence-corrected chi connectivity index (χ2v) is 6.15. The zero-order valence-corrected chi connectivity index (χ0v) is 12.1. The topological polar surface area (TPSA) is 12.0 Å². The van der Waals surface area contributed by atoms with Crippen LogP contribution in [0.1, 0.15) is 56.7 Å². The largest absolute Gasteiger partial charge is 0.313 e. The van der Waals surface area contributed by atoms with Crippen LogP contribution in [0.4, 0.5) is 0 Å². The summed E-state index contributed by atoms with van der Waals surface area (Å²) in [7, 11) is 2.11. The Labute approximate surface area is 112 Å². The van der Waals surface area contributed by atoms with E-state index in [-0.39, 0.29) is 0 Å². The molecule has 1 heteroatoms. The summed E-state index contributed by atoms with van der Waals surface area (Å²) >= 11 is 0. The summed E-state index contributed by atoms with van der Waals surface area (Å²) in [4.78, 5) is 0. The maximum Gasteiger partial charge on any atom is 0.0346 e. The van der Waals surface area contributed by atoms with E-state index in [0.29, 0.717) is 6.04 Å². The number of rotatable bonds is 5. The maximum absolute atomic E-state index is 3.54. The lowest BCUT2D eigenvalue weighted by atomic mass is 9.90. The highest BCUT2D eigenvalue weighted by Gasteiger charge is 2.25. The molecule has 1 aliphatic rings. The van der Waals surface area contributed by atoms with Gasteiger partial charge in [0.25, 0.3) is 0 Å². The molecule has 1 atom stereocenters. The fourth-order valence-electron chi connectivity index (χ4n) is 3.35. The smallest absolute Gasteiger partial charge is 0.0346 e. The molecular formula is C17H27N. The number of hydrogen-bond acceptors (Lipinski definition) is 1. The van der Waals surface area contributed by atoms with E-state index >= 15 is 0 Å². The van der Waals surface area contributed by atoms with Gasteiger partial charge in [-0.05, 0) is 49.3 Å². The minimum absolute atomic E-state index is 0.555. The van der Waals surface area contributed by atoms with Gasteiger partial charge in [-0.2, -0.15) is 0 Å². The number of nitrogens with one attached hydrogen (secondary N) is 1. The van der Waals surface area contributed by atoms with Gasteiger partial charge in [-0.1, -0.05) is 51.0 Å². The molecule has 18 heavy (non-hydrogen) atoms. The Hall–Kier alpha value is -0.820. The average Bonchev–Trinajstić information content (AvgIpc) is 2.83. The van der Waals surface area contributed by atoms with Gasteiger partial charge in [-0.3, -0.25) is 0 Å². The first-order valence-corrected chi connectivity index (χ1v) is 7.47. The first kappa shape index (κ1) is 13.6. The SMILES string of the molecule is CNC(c1cccc(CC(C)C)c1)C1CCCC1. The molecule has 0 spiro atoms. The van der Waals surface area contributed by atoms with Crippen molar-refractivity contribution in [3.05, 3.63) is 35.4 Å². The van der Waals surface area contributed by atoms with E-state index in [0.717, 1.165) is 11.8 Å². The van der Waals surface area contributed by atoms with Crippen LogP contribution in [-0.2, 0) is 6.42 Å². The lowest BCUT2D eigenvalue weighted by molar-refractivity contribution is 0.390. The third kappa shape index (κ3) is 3.35. The summed E-state index contributed by atoms with van der Waals surface area (Å²) in [5.74, 6) is 1.57. The molecule has 1 unspecified atom stereocenters. The molecule has 0 saturated heterocycles. The van der Waals surface area contributed by atoms with Crippen LogP contribution in [0.2, 0.25) is 0 Å². The molecule has 1 fully saturated rings. The lowest BCUT2D eigenvalue weighted by Gasteiger charge is -2.24.